The predicted octanol–water partition coefficient (Wildman–Crippen LogP) is 6.16. The van der Waals surface area contributed by atoms with Gasteiger partial charge in [0.25, 0.3) is 11.8 Å². The molecule has 0 radical (unpaired) electrons. The lowest BCUT2D eigenvalue weighted by Gasteiger charge is -2.13. The number of benzene rings is 2. The third kappa shape index (κ3) is 5.42. The van der Waals surface area contributed by atoms with E-state index < -0.39 is 11.8 Å². The first-order valence-electron chi connectivity index (χ1n) is 11.7. The number of nitrogens with one attached hydrogen (secondary N) is 2. The minimum Gasteiger partial charge on any atom is -0.467 e. The zero-order valence-electron chi connectivity index (χ0n) is 19.3. The number of thioether (sulfide) groups is 1. The number of nitrogens with zero attached hydrogens (tertiary/aromatic N) is 1. The smallest absolute Gasteiger partial charge is 0.278 e. The van der Waals surface area contributed by atoms with Crippen LogP contribution in [0.4, 0.5) is 11.4 Å². The van der Waals surface area contributed by atoms with Gasteiger partial charge in [-0.2, -0.15) is 0 Å². The predicted molar refractivity (Wildman–Crippen MR) is 142 cm³/mol. The van der Waals surface area contributed by atoms with Gasteiger partial charge in [0.2, 0.25) is 5.91 Å². The molecule has 0 unspecified atom stereocenters. The number of hydrogen-bond acceptors (Lipinski definition) is 6. The van der Waals surface area contributed by atoms with Crippen LogP contribution < -0.4 is 10.6 Å². The molecule has 3 amide bonds. The number of amides is 3. The lowest BCUT2D eigenvalue weighted by molar-refractivity contribution is -0.138. The van der Waals surface area contributed by atoms with E-state index >= 15 is 0 Å². The Morgan fingerprint density at radius 3 is 2.50 bits per heavy atom. The fourth-order valence-electron chi connectivity index (χ4n) is 4.33. The first kappa shape index (κ1) is 24.4. The number of carbonyl (C=O) groups excluding carboxylic acids is 3. The SMILES string of the molecule is O=C(Nc1cccc(SC2=C(Nc3ccc(Br)cc3)C(=O)N(Cc3ccco3)C2=O)c1)C1CCCC1. The molecule has 2 N–H and O–H groups in total. The minimum absolute atomic E-state index is 0.0307. The highest BCUT2D eigenvalue weighted by atomic mass is 79.9. The molecule has 0 atom stereocenters. The van der Waals surface area contributed by atoms with Crippen molar-refractivity contribution in [3.8, 4) is 0 Å². The first-order chi connectivity index (χ1) is 17.5. The summed E-state index contributed by atoms with van der Waals surface area (Å²) < 4.78 is 6.27. The van der Waals surface area contributed by atoms with Crippen molar-refractivity contribution in [1.82, 2.24) is 4.90 Å². The summed E-state index contributed by atoms with van der Waals surface area (Å²) in [5, 5.41) is 6.14. The van der Waals surface area contributed by atoms with Crippen molar-refractivity contribution < 1.29 is 18.8 Å². The van der Waals surface area contributed by atoms with Crippen molar-refractivity contribution in [1.29, 1.82) is 0 Å². The summed E-state index contributed by atoms with van der Waals surface area (Å²) in [6, 6.07) is 18.1. The monoisotopic (exact) mass is 565 g/mol. The molecule has 1 aromatic heterocycles. The third-order valence-corrected chi connectivity index (χ3v) is 7.78. The largest absolute Gasteiger partial charge is 0.467 e. The van der Waals surface area contributed by atoms with Crippen LogP contribution in [0.25, 0.3) is 0 Å². The highest BCUT2D eigenvalue weighted by Gasteiger charge is 2.39. The van der Waals surface area contributed by atoms with Crippen molar-refractivity contribution in [2.75, 3.05) is 10.6 Å². The van der Waals surface area contributed by atoms with Crippen molar-refractivity contribution in [3.63, 3.8) is 0 Å². The van der Waals surface area contributed by atoms with Gasteiger partial charge in [0.15, 0.2) is 0 Å². The first-order valence-corrected chi connectivity index (χ1v) is 13.3. The fraction of sp³-hybridized carbons (Fsp3) is 0.222. The highest BCUT2D eigenvalue weighted by molar-refractivity contribution is 9.10. The van der Waals surface area contributed by atoms with E-state index in [0.717, 1.165) is 35.1 Å². The Balaban J connectivity index is 1.40. The van der Waals surface area contributed by atoms with Gasteiger partial charge in [-0.15, -0.1) is 0 Å². The van der Waals surface area contributed by atoms with Gasteiger partial charge >= 0.3 is 0 Å². The molecule has 36 heavy (non-hydrogen) atoms. The van der Waals surface area contributed by atoms with Gasteiger partial charge in [-0.05, 0) is 67.4 Å². The van der Waals surface area contributed by atoms with Gasteiger partial charge < -0.3 is 15.1 Å². The van der Waals surface area contributed by atoms with Gasteiger partial charge in [0.1, 0.15) is 16.4 Å². The Bertz CT molecular complexity index is 1320. The molecule has 0 bridgehead atoms. The highest BCUT2D eigenvalue weighted by Crippen LogP contribution is 2.37. The second-order valence-electron chi connectivity index (χ2n) is 8.71. The summed E-state index contributed by atoms with van der Waals surface area (Å²) in [5.74, 6) is -0.227. The van der Waals surface area contributed by atoms with Crippen LogP contribution in [0.15, 0.2) is 91.3 Å². The topological polar surface area (TPSA) is 91.7 Å². The Morgan fingerprint density at radius 1 is 1.00 bits per heavy atom. The van der Waals surface area contributed by atoms with Crippen molar-refractivity contribution >= 4 is 56.8 Å². The van der Waals surface area contributed by atoms with E-state index in [0.29, 0.717) is 17.1 Å². The van der Waals surface area contributed by atoms with Crippen LogP contribution in [0.2, 0.25) is 0 Å². The molecule has 7 nitrogen and oxygen atoms in total. The van der Waals surface area contributed by atoms with E-state index in [9.17, 15) is 14.4 Å². The fourth-order valence-corrected chi connectivity index (χ4v) is 5.60. The molecule has 1 aliphatic heterocycles. The lowest BCUT2D eigenvalue weighted by Crippen LogP contribution is -2.31. The van der Waals surface area contributed by atoms with E-state index in [1.165, 1.54) is 22.9 Å². The van der Waals surface area contributed by atoms with Gasteiger partial charge in [-0.3, -0.25) is 19.3 Å². The lowest BCUT2D eigenvalue weighted by atomic mass is 10.1. The van der Waals surface area contributed by atoms with Crippen molar-refractivity contribution in [2.45, 2.75) is 37.1 Å². The second kappa shape index (κ2) is 10.8. The molecular weight excluding hydrogens is 542 g/mol. The summed E-state index contributed by atoms with van der Waals surface area (Å²) in [7, 11) is 0. The molecule has 2 aliphatic rings. The van der Waals surface area contributed by atoms with Gasteiger partial charge in [0.05, 0.1) is 12.8 Å². The molecule has 3 aromatic rings. The maximum absolute atomic E-state index is 13.4. The van der Waals surface area contributed by atoms with Crippen LogP contribution in [-0.4, -0.2) is 22.6 Å². The average molecular weight is 566 g/mol. The van der Waals surface area contributed by atoms with E-state index in [-0.39, 0.29) is 29.0 Å². The van der Waals surface area contributed by atoms with Crippen molar-refractivity contribution in [2.24, 2.45) is 5.92 Å². The Hall–Kier alpha value is -3.30. The summed E-state index contributed by atoms with van der Waals surface area (Å²) in [4.78, 5) is 41.5. The number of furan rings is 1. The molecule has 2 heterocycles. The van der Waals surface area contributed by atoms with E-state index in [2.05, 4.69) is 26.6 Å². The van der Waals surface area contributed by atoms with Gasteiger partial charge in [-0.25, -0.2) is 0 Å². The number of halogens is 1. The summed E-state index contributed by atoms with van der Waals surface area (Å²) in [6.45, 7) is 0.0394. The van der Waals surface area contributed by atoms with Crippen LogP contribution >= 0.6 is 27.7 Å². The second-order valence-corrected chi connectivity index (χ2v) is 10.7. The Morgan fingerprint density at radius 2 is 1.78 bits per heavy atom. The maximum atomic E-state index is 13.4. The standard InChI is InChI=1S/C27H24BrN3O4S/c28-18-10-12-19(13-11-18)29-23-24(27(34)31(26(23)33)16-21-8-4-14-35-21)36-22-9-3-7-20(15-22)30-25(32)17-5-1-2-6-17/h3-4,7-15,17,29H,1-2,5-6,16H2,(H,30,32). The van der Waals surface area contributed by atoms with Crippen LogP contribution in [0.1, 0.15) is 31.4 Å². The molecule has 184 valence electrons. The molecule has 0 saturated heterocycles. The maximum Gasteiger partial charge on any atom is 0.278 e. The summed E-state index contributed by atoms with van der Waals surface area (Å²) in [6.07, 6.45) is 5.51. The Kier molecular flexibility index (Phi) is 7.29. The molecular formula is C27H24BrN3O4S. The number of hydrogen-bond donors (Lipinski definition) is 2. The summed E-state index contributed by atoms with van der Waals surface area (Å²) >= 11 is 4.61. The van der Waals surface area contributed by atoms with Crippen molar-refractivity contribution in [3.05, 3.63) is 87.8 Å². The van der Waals surface area contributed by atoms with E-state index in [1.54, 1.807) is 12.1 Å². The molecule has 1 fully saturated rings. The normalized spacial score (nSPS) is 16.2. The molecule has 5 rings (SSSR count). The molecule has 1 saturated carbocycles. The zero-order chi connectivity index (χ0) is 25.1. The van der Waals surface area contributed by atoms with Crippen LogP contribution in [0, 0.1) is 5.92 Å². The van der Waals surface area contributed by atoms with Gasteiger partial charge in [0, 0.05) is 26.7 Å². The quantitative estimate of drug-likeness (QED) is 0.318. The van der Waals surface area contributed by atoms with E-state index in [1.807, 2.05) is 48.5 Å². The number of carbonyl (C=O) groups is 3. The molecule has 0 spiro atoms. The third-order valence-electron chi connectivity index (χ3n) is 6.18. The number of anilines is 2. The van der Waals surface area contributed by atoms with E-state index in [4.69, 9.17) is 4.42 Å². The number of rotatable bonds is 8. The molecule has 9 heteroatoms. The van der Waals surface area contributed by atoms with Gasteiger partial charge in [-0.1, -0.05) is 46.6 Å². The average Bonchev–Trinajstić information content (AvgIpc) is 3.63. The van der Waals surface area contributed by atoms with Crippen LogP contribution in [-0.2, 0) is 20.9 Å². The van der Waals surface area contributed by atoms with Crippen LogP contribution in [0.3, 0.4) is 0 Å². The number of imide groups is 1. The minimum atomic E-state index is -0.424. The zero-order valence-corrected chi connectivity index (χ0v) is 21.7. The van der Waals surface area contributed by atoms with Crippen LogP contribution in [0.5, 0.6) is 0 Å². The Labute approximate surface area is 221 Å². The molecule has 1 aliphatic carbocycles. The molecule has 2 aromatic carbocycles. The summed E-state index contributed by atoms with van der Waals surface area (Å²) in [5.41, 5.74) is 1.56.